The van der Waals surface area contributed by atoms with Crippen molar-refractivity contribution in [3.05, 3.63) is 23.8 Å². The Morgan fingerprint density at radius 3 is 2.62 bits per heavy atom. The van der Waals surface area contributed by atoms with Crippen molar-refractivity contribution in [3.63, 3.8) is 0 Å². The number of aryl methyl sites for hydroxylation is 1. The van der Waals surface area contributed by atoms with E-state index in [0.29, 0.717) is 11.4 Å². The van der Waals surface area contributed by atoms with Crippen molar-refractivity contribution in [3.8, 4) is 5.75 Å². The van der Waals surface area contributed by atoms with E-state index in [1.807, 2.05) is 13.0 Å². The maximum absolute atomic E-state index is 10.2. The van der Waals surface area contributed by atoms with Crippen LogP contribution in [0.15, 0.2) is 18.2 Å². The summed E-state index contributed by atoms with van der Waals surface area (Å²) >= 11 is 0. The Morgan fingerprint density at radius 2 is 2.06 bits per heavy atom. The molecule has 0 aromatic heterocycles. The van der Waals surface area contributed by atoms with Gasteiger partial charge in [0.05, 0.1) is 5.69 Å². The van der Waals surface area contributed by atoms with E-state index in [-0.39, 0.29) is 13.2 Å². The molecule has 0 aliphatic rings. The zero-order valence-electron chi connectivity index (χ0n) is 8.71. The average Bonchev–Trinajstić information content (AvgIpc) is 2.13. The molecule has 0 atom stereocenters. The van der Waals surface area contributed by atoms with E-state index in [1.54, 1.807) is 12.1 Å². The molecule has 0 radical (unpaired) electrons. The molecule has 0 bridgehead atoms. The van der Waals surface area contributed by atoms with Gasteiger partial charge in [-0.1, -0.05) is 6.07 Å². The van der Waals surface area contributed by atoms with E-state index in [0.717, 1.165) is 5.56 Å². The topological polar surface area (TPSA) is 98.8 Å². The molecule has 90 valence electrons. The molecule has 3 N–H and O–H groups in total. The maximum atomic E-state index is 10.2. The number of hydrogen-bond acceptors (Lipinski definition) is 5. The Kier molecular flexibility index (Phi) is 4.11. The van der Waals surface area contributed by atoms with Crippen molar-refractivity contribution in [2.24, 2.45) is 0 Å². The minimum absolute atomic E-state index is 0.0208. The summed E-state index contributed by atoms with van der Waals surface area (Å²) in [6.07, 6.45) is 0. The number of rotatable bonds is 5. The molecule has 0 aliphatic carbocycles. The molecule has 7 heteroatoms. The third-order valence-corrected chi connectivity index (χ3v) is 2.20. The molecule has 0 amide bonds. The van der Waals surface area contributed by atoms with Crippen LogP contribution in [0, 0.1) is 6.92 Å². The Hall–Kier alpha value is -1.31. The van der Waals surface area contributed by atoms with Gasteiger partial charge in [-0.2, -0.15) is 8.42 Å². The summed E-state index contributed by atoms with van der Waals surface area (Å²) in [6, 6.07) is 5.23. The quantitative estimate of drug-likeness (QED) is 0.453. The van der Waals surface area contributed by atoms with Crippen LogP contribution < -0.4 is 10.5 Å². The van der Waals surface area contributed by atoms with Gasteiger partial charge in [-0.3, -0.25) is 4.55 Å². The number of benzene rings is 1. The van der Waals surface area contributed by atoms with Crippen molar-refractivity contribution in [2.75, 3.05) is 18.9 Å². The van der Waals surface area contributed by atoms with Crippen molar-refractivity contribution in [1.29, 1.82) is 0 Å². The van der Waals surface area contributed by atoms with E-state index < -0.39 is 10.4 Å². The smallest absolute Gasteiger partial charge is 0.397 e. The van der Waals surface area contributed by atoms with Gasteiger partial charge in [-0.25, -0.2) is 4.18 Å². The predicted molar refractivity (Wildman–Crippen MR) is 58.6 cm³/mol. The highest BCUT2D eigenvalue weighted by Gasteiger charge is 2.05. The van der Waals surface area contributed by atoms with Gasteiger partial charge in [0.2, 0.25) is 0 Å². The van der Waals surface area contributed by atoms with E-state index in [9.17, 15) is 8.42 Å². The largest absolute Gasteiger partial charge is 0.489 e. The second kappa shape index (κ2) is 5.15. The van der Waals surface area contributed by atoms with Gasteiger partial charge in [0.1, 0.15) is 19.0 Å². The van der Waals surface area contributed by atoms with Crippen molar-refractivity contribution >= 4 is 16.1 Å². The molecule has 1 aromatic carbocycles. The normalized spacial score (nSPS) is 11.4. The third kappa shape index (κ3) is 4.47. The Bertz CT molecular complexity index is 457. The summed E-state index contributed by atoms with van der Waals surface area (Å²) < 4.78 is 37.9. The number of nitrogen functional groups attached to an aromatic ring is 1. The van der Waals surface area contributed by atoms with Gasteiger partial charge in [-0.15, -0.1) is 0 Å². The zero-order valence-corrected chi connectivity index (χ0v) is 9.53. The summed E-state index contributed by atoms with van der Waals surface area (Å²) in [4.78, 5) is 0. The van der Waals surface area contributed by atoms with Gasteiger partial charge < -0.3 is 10.5 Å². The first-order valence-corrected chi connectivity index (χ1v) is 5.86. The number of ether oxygens (including phenoxy) is 1. The van der Waals surface area contributed by atoms with Crippen LogP contribution in [0.4, 0.5) is 5.69 Å². The molecule has 1 aromatic rings. The van der Waals surface area contributed by atoms with Gasteiger partial charge in [0.15, 0.2) is 0 Å². The minimum Gasteiger partial charge on any atom is -0.489 e. The molecule has 1 rings (SSSR count). The first kappa shape index (κ1) is 12.8. The van der Waals surface area contributed by atoms with Crippen LogP contribution >= 0.6 is 0 Å². The molecule has 6 nitrogen and oxygen atoms in total. The lowest BCUT2D eigenvalue weighted by atomic mass is 10.2. The molecule has 0 heterocycles. The van der Waals surface area contributed by atoms with Crippen LogP contribution in [0.1, 0.15) is 5.56 Å². The van der Waals surface area contributed by atoms with E-state index >= 15 is 0 Å². The summed E-state index contributed by atoms with van der Waals surface area (Å²) in [7, 11) is -4.41. The second-order valence-corrected chi connectivity index (χ2v) is 4.23. The van der Waals surface area contributed by atoms with Crippen LogP contribution in [-0.4, -0.2) is 26.2 Å². The number of anilines is 1. The van der Waals surface area contributed by atoms with Crippen LogP contribution in [0.2, 0.25) is 0 Å². The molecule has 0 aliphatic heterocycles. The number of nitrogens with two attached hydrogens (primary N) is 1. The first-order valence-electron chi connectivity index (χ1n) is 4.49. The predicted octanol–water partition coefficient (Wildman–Crippen LogP) is 0.775. The lowest BCUT2D eigenvalue weighted by Crippen LogP contribution is -2.12. The monoisotopic (exact) mass is 247 g/mol. The molecule has 0 saturated heterocycles. The van der Waals surface area contributed by atoms with Gasteiger partial charge in [-0.05, 0) is 24.6 Å². The lowest BCUT2D eigenvalue weighted by molar-refractivity contribution is 0.202. The lowest BCUT2D eigenvalue weighted by Gasteiger charge is -2.08. The summed E-state index contributed by atoms with van der Waals surface area (Å²) in [5.74, 6) is 0.449. The molecular formula is C9H13NO5S. The highest BCUT2D eigenvalue weighted by atomic mass is 32.3. The highest BCUT2D eigenvalue weighted by molar-refractivity contribution is 7.80. The Balaban J connectivity index is 2.43. The average molecular weight is 247 g/mol. The van der Waals surface area contributed by atoms with Crippen molar-refractivity contribution in [2.45, 2.75) is 6.92 Å². The molecule has 0 unspecified atom stereocenters. The fourth-order valence-corrected chi connectivity index (χ4v) is 1.37. The standard InChI is InChI=1S/C9H13NO5S/c1-7-2-3-9(8(10)6-7)14-4-5-15-16(11,12)13/h2-3,6H,4-5,10H2,1H3,(H,11,12,13). The summed E-state index contributed by atoms with van der Waals surface area (Å²) in [5, 5.41) is 0. The van der Waals surface area contributed by atoms with Gasteiger partial charge >= 0.3 is 10.4 Å². The van der Waals surface area contributed by atoms with Crippen LogP contribution in [-0.2, 0) is 14.6 Å². The Labute approximate surface area is 93.9 Å². The second-order valence-electron chi connectivity index (χ2n) is 3.14. The van der Waals surface area contributed by atoms with E-state index in [1.165, 1.54) is 0 Å². The van der Waals surface area contributed by atoms with Crippen LogP contribution in [0.5, 0.6) is 5.75 Å². The minimum atomic E-state index is -4.41. The van der Waals surface area contributed by atoms with Crippen molar-refractivity contribution in [1.82, 2.24) is 0 Å². The van der Waals surface area contributed by atoms with Gasteiger partial charge in [0.25, 0.3) is 0 Å². The third-order valence-electron chi connectivity index (χ3n) is 1.74. The Morgan fingerprint density at radius 1 is 1.38 bits per heavy atom. The van der Waals surface area contributed by atoms with E-state index in [4.69, 9.17) is 15.0 Å². The fourth-order valence-electron chi connectivity index (χ4n) is 1.09. The zero-order chi connectivity index (χ0) is 12.2. The first-order chi connectivity index (χ1) is 7.38. The highest BCUT2D eigenvalue weighted by Crippen LogP contribution is 2.21. The van der Waals surface area contributed by atoms with Gasteiger partial charge in [0, 0.05) is 0 Å². The van der Waals surface area contributed by atoms with Crippen LogP contribution in [0.25, 0.3) is 0 Å². The summed E-state index contributed by atoms with van der Waals surface area (Å²) in [5.41, 5.74) is 7.12. The number of hydrogen-bond donors (Lipinski definition) is 2. The molecular weight excluding hydrogens is 234 g/mol. The van der Waals surface area contributed by atoms with Crippen molar-refractivity contribution < 1.29 is 21.9 Å². The maximum Gasteiger partial charge on any atom is 0.397 e. The fraction of sp³-hybridized carbons (Fsp3) is 0.333. The molecule has 16 heavy (non-hydrogen) atoms. The van der Waals surface area contributed by atoms with E-state index in [2.05, 4.69) is 4.18 Å². The summed E-state index contributed by atoms with van der Waals surface area (Å²) in [6.45, 7) is 1.60. The van der Waals surface area contributed by atoms with Crippen LogP contribution in [0.3, 0.4) is 0 Å². The molecule has 0 spiro atoms. The SMILES string of the molecule is Cc1ccc(OCCOS(=O)(=O)O)c(N)c1. The molecule has 0 saturated carbocycles. The molecule has 0 fully saturated rings.